The molecule has 0 bridgehead atoms. The number of H-pyrrole nitrogens is 2. The fourth-order valence-electron chi connectivity index (χ4n) is 3.21. The standard InChI is InChI=1S/C21H15N3O3/c1-2-27-21(26)16-11-23-19-18(16)15-9-14(7-8-17(15)24-20(19)25)13-5-3-12(10-22)4-6-13/h3-9,11,23H,2H2,1H3,(H,24,25). The van der Waals surface area contributed by atoms with Gasteiger partial charge in [-0.05, 0) is 42.3 Å². The van der Waals surface area contributed by atoms with Crippen LogP contribution >= 0.6 is 0 Å². The number of rotatable bonds is 3. The summed E-state index contributed by atoms with van der Waals surface area (Å²) in [4.78, 5) is 30.4. The van der Waals surface area contributed by atoms with E-state index >= 15 is 0 Å². The maximum atomic E-state index is 12.3. The van der Waals surface area contributed by atoms with Crippen LogP contribution in [0.3, 0.4) is 0 Å². The molecule has 0 aliphatic rings. The number of benzene rings is 2. The van der Waals surface area contributed by atoms with Crippen LogP contribution in [-0.4, -0.2) is 22.5 Å². The highest BCUT2D eigenvalue weighted by Crippen LogP contribution is 2.29. The topological polar surface area (TPSA) is 98.7 Å². The van der Waals surface area contributed by atoms with Crippen molar-refractivity contribution in [1.29, 1.82) is 5.26 Å². The molecule has 0 spiro atoms. The summed E-state index contributed by atoms with van der Waals surface area (Å²) < 4.78 is 5.12. The third kappa shape index (κ3) is 2.75. The van der Waals surface area contributed by atoms with E-state index < -0.39 is 5.97 Å². The minimum atomic E-state index is -0.473. The molecule has 132 valence electrons. The predicted octanol–water partition coefficient (Wildman–Crippen LogP) is 3.72. The highest BCUT2D eigenvalue weighted by Gasteiger charge is 2.18. The number of nitrogens with one attached hydrogen (secondary N) is 2. The Hall–Kier alpha value is -3.85. The number of aromatic nitrogens is 2. The van der Waals surface area contributed by atoms with E-state index in [0.29, 0.717) is 27.5 Å². The molecule has 0 atom stereocenters. The first kappa shape index (κ1) is 16.6. The lowest BCUT2D eigenvalue weighted by atomic mass is 10.00. The molecule has 0 amide bonds. The molecular formula is C21H15N3O3. The predicted molar refractivity (Wildman–Crippen MR) is 103 cm³/mol. The van der Waals surface area contributed by atoms with Gasteiger partial charge in [-0.25, -0.2) is 4.79 Å². The summed E-state index contributed by atoms with van der Waals surface area (Å²) in [5, 5.41) is 10.2. The summed E-state index contributed by atoms with van der Waals surface area (Å²) in [6.45, 7) is 1.99. The fourth-order valence-corrected chi connectivity index (χ4v) is 3.21. The Morgan fingerprint density at radius 1 is 1.15 bits per heavy atom. The summed E-state index contributed by atoms with van der Waals surface area (Å²) >= 11 is 0. The van der Waals surface area contributed by atoms with Gasteiger partial charge in [-0.1, -0.05) is 18.2 Å². The van der Waals surface area contributed by atoms with Crippen molar-refractivity contribution in [1.82, 2.24) is 9.97 Å². The molecule has 6 nitrogen and oxygen atoms in total. The van der Waals surface area contributed by atoms with Crippen LogP contribution in [0.25, 0.3) is 32.9 Å². The molecule has 2 aromatic heterocycles. The van der Waals surface area contributed by atoms with Gasteiger partial charge in [0, 0.05) is 22.5 Å². The Balaban J connectivity index is 1.98. The molecule has 0 aliphatic heterocycles. The van der Waals surface area contributed by atoms with E-state index in [-0.39, 0.29) is 12.2 Å². The fraction of sp³-hybridized carbons (Fsp3) is 0.0952. The minimum absolute atomic E-state index is 0.253. The van der Waals surface area contributed by atoms with Crippen molar-refractivity contribution in [2.45, 2.75) is 6.92 Å². The number of aromatic amines is 2. The maximum Gasteiger partial charge on any atom is 0.340 e. The third-order valence-corrected chi connectivity index (χ3v) is 4.49. The number of nitrogens with zero attached hydrogens (tertiary/aromatic N) is 1. The Morgan fingerprint density at radius 3 is 2.59 bits per heavy atom. The molecule has 2 N–H and O–H groups in total. The quantitative estimate of drug-likeness (QED) is 0.546. The molecule has 0 saturated carbocycles. The van der Waals surface area contributed by atoms with E-state index in [1.165, 1.54) is 6.20 Å². The van der Waals surface area contributed by atoms with Crippen LogP contribution in [0.4, 0.5) is 0 Å². The number of nitriles is 1. The van der Waals surface area contributed by atoms with Gasteiger partial charge in [-0.3, -0.25) is 4.79 Å². The molecular weight excluding hydrogens is 342 g/mol. The largest absolute Gasteiger partial charge is 0.462 e. The monoisotopic (exact) mass is 357 g/mol. The number of fused-ring (bicyclic) bond motifs is 3. The highest BCUT2D eigenvalue weighted by atomic mass is 16.5. The molecule has 2 aromatic carbocycles. The number of ether oxygens (including phenoxy) is 1. The van der Waals surface area contributed by atoms with Crippen LogP contribution in [0, 0.1) is 11.3 Å². The van der Waals surface area contributed by atoms with Gasteiger partial charge in [-0.15, -0.1) is 0 Å². The Bertz CT molecular complexity index is 1270. The second-order valence-corrected chi connectivity index (χ2v) is 6.08. The third-order valence-electron chi connectivity index (χ3n) is 4.49. The van der Waals surface area contributed by atoms with Crippen LogP contribution < -0.4 is 5.56 Å². The van der Waals surface area contributed by atoms with Crippen molar-refractivity contribution in [3.8, 4) is 17.2 Å². The van der Waals surface area contributed by atoms with Crippen LogP contribution in [0.1, 0.15) is 22.8 Å². The number of pyridine rings is 1. The zero-order valence-corrected chi connectivity index (χ0v) is 14.5. The van der Waals surface area contributed by atoms with Gasteiger partial charge in [0.15, 0.2) is 0 Å². The Morgan fingerprint density at radius 2 is 1.89 bits per heavy atom. The average molecular weight is 357 g/mol. The molecule has 0 radical (unpaired) electrons. The molecule has 6 heteroatoms. The van der Waals surface area contributed by atoms with Crippen molar-refractivity contribution < 1.29 is 9.53 Å². The number of hydrogen-bond donors (Lipinski definition) is 2. The Labute approximate surface area is 154 Å². The van der Waals surface area contributed by atoms with Gasteiger partial charge < -0.3 is 14.7 Å². The molecule has 27 heavy (non-hydrogen) atoms. The minimum Gasteiger partial charge on any atom is -0.462 e. The molecule has 0 unspecified atom stereocenters. The SMILES string of the molecule is CCOC(=O)c1c[nH]c2c(=O)[nH]c3ccc(-c4ccc(C#N)cc4)cc3c12. The van der Waals surface area contributed by atoms with E-state index in [4.69, 9.17) is 10.00 Å². The number of carbonyl (C=O) groups is 1. The van der Waals surface area contributed by atoms with Crippen molar-refractivity contribution >= 4 is 27.8 Å². The van der Waals surface area contributed by atoms with E-state index in [1.54, 1.807) is 19.1 Å². The summed E-state index contributed by atoms with van der Waals surface area (Å²) in [6, 6.07) is 15.0. The lowest BCUT2D eigenvalue weighted by Gasteiger charge is -2.07. The van der Waals surface area contributed by atoms with Crippen LogP contribution in [-0.2, 0) is 4.74 Å². The van der Waals surface area contributed by atoms with E-state index in [9.17, 15) is 9.59 Å². The van der Waals surface area contributed by atoms with Crippen molar-refractivity contribution in [2.24, 2.45) is 0 Å². The van der Waals surface area contributed by atoms with Crippen molar-refractivity contribution in [3.05, 3.63) is 70.1 Å². The highest BCUT2D eigenvalue weighted by molar-refractivity contribution is 6.15. The van der Waals surface area contributed by atoms with Crippen molar-refractivity contribution in [3.63, 3.8) is 0 Å². The van der Waals surface area contributed by atoms with Gasteiger partial charge in [0.25, 0.3) is 5.56 Å². The zero-order valence-electron chi connectivity index (χ0n) is 14.5. The first-order chi connectivity index (χ1) is 13.1. The van der Waals surface area contributed by atoms with Gasteiger partial charge >= 0.3 is 5.97 Å². The molecule has 4 rings (SSSR count). The van der Waals surface area contributed by atoms with Crippen molar-refractivity contribution in [2.75, 3.05) is 6.61 Å². The van der Waals surface area contributed by atoms with Crippen LogP contribution in [0.5, 0.6) is 0 Å². The molecule has 4 aromatic rings. The lowest BCUT2D eigenvalue weighted by Crippen LogP contribution is -2.08. The number of esters is 1. The van der Waals surface area contributed by atoms with E-state index in [1.807, 2.05) is 30.3 Å². The number of hydrogen-bond acceptors (Lipinski definition) is 4. The second kappa shape index (κ2) is 6.46. The molecule has 0 saturated heterocycles. The average Bonchev–Trinajstić information content (AvgIpc) is 3.14. The normalized spacial score (nSPS) is 10.8. The maximum absolute atomic E-state index is 12.3. The summed E-state index contributed by atoms with van der Waals surface area (Å²) in [5.74, 6) is -0.473. The van der Waals surface area contributed by atoms with Gasteiger partial charge in [0.2, 0.25) is 0 Å². The van der Waals surface area contributed by atoms with Crippen LogP contribution in [0.2, 0.25) is 0 Å². The van der Waals surface area contributed by atoms with E-state index in [0.717, 1.165) is 16.5 Å². The molecule has 0 fully saturated rings. The zero-order chi connectivity index (χ0) is 19.0. The number of carbonyl (C=O) groups excluding carboxylic acids is 1. The molecule has 2 heterocycles. The van der Waals surface area contributed by atoms with Gasteiger partial charge in [0.05, 0.1) is 23.8 Å². The first-order valence-electron chi connectivity index (χ1n) is 8.47. The van der Waals surface area contributed by atoms with Crippen LogP contribution in [0.15, 0.2) is 53.5 Å². The summed E-state index contributed by atoms with van der Waals surface area (Å²) in [5.41, 5.74) is 3.44. The van der Waals surface area contributed by atoms with Gasteiger partial charge in [0.1, 0.15) is 5.52 Å². The molecule has 0 aliphatic carbocycles. The van der Waals surface area contributed by atoms with E-state index in [2.05, 4.69) is 16.0 Å². The summed E-state index contributed by atoms with van der Waals surface area (Å²) in [7, 11) is 0. The second-order valence-electron chi connectivity index (χ2n) is 6.08. The first-order valence-corrected chi connectivity index (χ1v) is 8.47. The van der Waals surface area contributed by atoms with Gasteiger partial charge in [-0.2, -0.15) is 5.26 Å². The Kier molecular flexibility index (Phi) is 3.98. The smallest absolute Gasteiger partial charge is 0.340 e. The summed E-state index contributed by atoms with van der Waals surface area (Å²) in [6.07, 6.45) is 1.51. The lowest BCUT2D eigenvalue weighted by molar-refractivity contribution is 0.0529.